The third-order valence-electron chi connectivity index (χ3n) is 3.20. The summed E-state index contributed by atoms with van der Waals surface area (Å²) in [4.78, 5) is 2.16. The highest BCUT2D eigenvalue weighted by atomic mass is 35.5. The molecule has 5 heteroatoms. The van der Waals surface area contributed by atoms with Crippen molar-refractivity contribution in [2.75, 3.05) is 36.8 Å². The molecule has 0 radical (unpaired) electrons. The lowest BCUT2D eigenvalue weighted by atomic mass is 10.0. The van der Waals surface area contributed by atoms with E-state index in [9.17, 15) is 5.11 Å². The zero-order valence-corrected chi connectivity index (χ0v) is 13.3. The second-order valence-electron chi connectivity index (χ2n) is 4.57. The fraction of sp³-hybridized carbons (Fsp3) is 0.467. The minimum Gasteiger partial charge on any atom is -0.511 e. The number of hydrogen-bond acceptors (Lipinski definition) is 3. The Morgan fingerprint density at radius 2 is 1.80 bits per heavy atom. The number of aliphatic hydroxyl groups excluding tert-OH is 1. The first kappa shape index (κ1) is 17.2. The van der Waals surface area contributed by atoms with Gasteiger partial charge in [0.1, 0.15) is 5.76 Å². The number of halogens is 2. The highest BCUT2D eigenvalue weighted by molar-refractivity contribution is 6.18. The van der Waals surface area contributed by atoms with Gasteiger partial charge in [0.2, 0.25) is 0 Å². The molecule has 0 amide bonds. The van der Waals surface area contributed by atoms with Gasteiger partial charge in [-0.1, -0.05) is 18.7 Å². The lowest BCUT2D eigenvalue weighted by Gasteiger charge is -2.23. The predicted molar refractivity (Wildman–Crippen MR) is 88.4 cm³/mol. The zero-order valence-electron chi connectivity index (χ0n) is 11.8. The number of benzene rings is 1. The zero-order chi connectivity index (χ0) is 15.0. The van der Waals surface area contributed by atoms with Gasteiger partial charge in [-0.05, 0) is 31.2 Å². The van der Waals surface area contributed by atoms with Gasteiger partial charge in [-0.15, -0.1) is 23.2 Å². The largest absolute Gasteiger partial charge is 0.511 e. The number of rotatable bonds is 9. The van der Waals surface area contributed by atoms with Crippen molar-refractivity contribution in [3.05, 3.63) is 42.2 Å². The number of aliphatic hydroxyl groups is 1. The van der Waals surface area contributed by atoms with Crippen LogP contribution in [0, 0.1) is 0 Å². The Morgan fingerprint density at radius 3 is 2.20 bits per heavy atom. The van der Waals surface area contributed by atoms with Gasteiger partial charge in [0.05, 0.1) is 6.04 Å². The second-order valence-corrected chi connectivity index (χ2v) is 5.32. The Balaban J connectivity index is 2.73. The number of nitrogens with zero attached hydrogens (tertiary/aromatic N) is 1. The first-order chi connectivity index (χ1) is 9.62. The molecule has 0 spiro atoms. The van der Waals surface area contributed by atoms with E-state index in [1.807, 2.05) is 7.05 Å². The van der Waals surface area contributed by atoms with Crippen LogP contribution in [0.3, 0.4) is 0 Å². The molecule has 0 aliphatic rings. The Bertz CT molecular complexity index is 403. The molecule has 0 bridgehead atoms. The summed E-state index contributed by atoms with van der Waals surface area (Å²) in [6, 6.07) is 8.10. The van der Waals surface area contributed by atoms with Crippen LogP contribution in [0.4, 0.5) is 5.69 Å². The summed E-state index contributed by atoms with van der Waals surface area (Å²) in [5.41, 5.74) is 2.25. The average Bonchev–Trinajstić information content (AvgIpc) is 2.45. The van der Waals surface area contributed by atoms with Crippen molar-refractivity contribution in [2.45, 2.75) is 12.5 Å². The molecular formula is C15H22Cl2N2O. The van der Waals surface area contributed by atoms with Crippen LogP contribution in [0.5, 0.6) is 0 Å². The van der Waals surface area contributed by atoms with Crippen LogP contribution < -0.4 is 10.2 Å². The van der Waals surface area contributed by atoms with E-state index >= 15 is 0 Å². The van der Waals surface area contributed by atoms with Crippen LogP contribution in [-0.2, 0) is 6.42 Å². The van der Waals surface area contributed by atoms with E-state index in [0.717, 1.165) is 24.3 Å². The molecule has 1 unspecified atom stereocenters. The first-order valence-electron chi connectivity index (χ1n) is 6.63. The van der Waals surface area contributed by atoms with Gasteiger partial charge in [0.25, 0.3) is 0 Å². The Morgan fingerprint density at radius 1 is 1.25 bits per heavy atom. The molecule has 0 fully saturated rings. The quantitative estimate of drug-likeness (QED) is 0.542. The molecule has 3 nitrogen and oxygen atoms in total. The van der Waals surface area contributed by atoms with Gasteiger partial charge in [-0.3, -0.25) is 0 Å². The second kappa shape index (κ2) is 9.11. The molecule has 0 saturated heterocycles. The van der Waals surface area contributed by atoms with Gasteiger partial charge in [-0.25, -0.2) is 0 Å². The average molecular weight is 317 g/mol. The van der Waals surface area contributed by atoms with Crippen molar-refractivity contribution in [1.82, 2.24) is 5.32 Å². The molecule has 0 saturated carbocycles. The molecule has 1 aromatic rings. The fourth-order valence-corrected chi connectivity index (χ4v) is 2.45. The summed E-state index contributed by atoms with van der Waals surface area (Å²) in [7, 11) is 1.81. The molecule has 0 aliphatic carbocycles. The molecule has 1 atom stereocenters. The van der Waals surface area contributed by atoms with Crippen LogP contribution in [0.15, 0.2) is 36.6 Å². The maximum absolute atomic E-state index is 9.46. The third-order valence-corrected chi connectivity index (χ3v) is 3.54. The highest BCUT2D eigenvalue weighted by Crippen LogP contribution is 2.17. The number of hydrogen-bond donors (Lipinski definition) is 2. The van der Waals surface area contributed by atoms with Gasteiger partial charge >= 0.3 is 0 Å². The van der Waals surface area contributed by atoms with Gasteiger partial charge in [0, 0.05) is 30.5 Å². The molecule has 112 valence electrons. The van der Waals surface area contributed by atoms with Crippen LogP contribution >= 0.6 is 23.2 Å². The topological polar surface area (TPSA) is 35.5 Å². The van der Waals surface area contributed by atoms with Crippen molar-refractivity contribution in [2.24, 2.45) is 0 Å². The van der Waals surface area contributed by atoms with Crippen molar-refractivity contribution in [3.8, 4) is 0 Å². The summed E-state index contributed by atoms with van der Waals surface area (Å²) in [6.45, 7) is 5.13. The lowest BCUT2D eigenvalue weighted by molar-refractivity contribution is 0.349. The summed E-state index contributed by atoms with van der Waals surface area (Å²) in [5, 5.41) is 12.5. The number of nitrogens with one attached hydrogen (secondary N) is 1. The maximum Gasteiger partial charge on any atom is 0.102 e. The summed E-state index contributed by atoms with van der Waals surface area (Å²) >= 11 is 11.6. The van der Waals surface area contributed by atoms with E-state index in [-0.39, 0.29) is 11.8 Å². The summed E-state index contributed by atoms with van der Waals surface area (Å²) in [5.74, 6) is 1.30. The Hall–Kier alpha value is -0.900. The van der Waals surface area contributed by atoms with Crippen LogP contribution in [0.25, 0.3) is 0 Å². The minimum atomic E-state index is -0.123. The van der Waals surface area contributed by atoms with Gasteiger partial charge in [-0.2, -0.15) is 0 Å². The first-order valence-corrected chi connectivity index (χ1v) is 7.70. The summed E-state index contributed by atoms with van der Waals surface area (Å²) in [6.07, 6.45) is 0.705. The molecular weight excluding hydrogens is 295 g/mol. The Kier molecular flexibility index (Phi) is 7.82. The molecule has 1 rings (SSSR count). The maximum atomic E-state index is 9.46. The van der Waals surface area contributed by atoms with E-state index in [1.165, 1.54) is 0 Å². The van der Waals surface area contributed by atoms with Crippen molar-refractivity contribution < 1.29 is 5.11 Å². The van der Waals surface area contributed by atoms with Crippen molar-refractivity contribution in [1.29, 1.82) is 0 Å². The van der Waals surface area contributed by atoms with E-state index in [0.29, 0.717) is 18.2 Å². The fourth-order valence-electron chi connectivity index (χ4n) is 2.04. The smallest absolute Gasteiger partial charge is 0.102 e. The summed E-state index contributed by atoms with van der Waals surface area (Å²) < 4.78 is 0. The van der Waals surface area contributed by atoms with E-state index in [1.54, 1.807) is 0 Å². The molecule has 0 aromatic heterocycles. The minimum absolute atomic E-state index is 0.123. The monoisotopic (exact) mass is 316 g/mol. The normalized spacial score (nSPS) is 12.2. The molecule has 0 heterocycles. The van der Waals surface area contributed by atoms with Crippen LogP contribution in [-0.4, -0.2) is 43.0 Å². The molecule has 20 heavy (non-hydrogen) atoms. The van der Waals surface area contributed by atoms with Crippen LogP contribution in [0.2, 0.25) is 0 Å². The van der Waals surface area contributed by atoms with Crippen molar-refractivity contribution >= 4 is 28.9 Å². The highest BCUT2D eigenvalue weighted by Gasteiger charge is 2.11. The standard InChI is InChI=1S/C15H22Cl2N2O/c1-12(20)15(18-2)11-13-3-5-14(6-4-13)19(9-7-16)10-8-17/h3-6,15,18,20H,1,7-11H2,2H3. The molecule has 0 aliphatic heterocycles. The molecule has 2 N–H and O–H groups in total. The SMILES string of the molecule is C=C(O)C(Cc1ccc(N(CCCl)CCCl)cc1)NC. The van der Waals surface area contributed by atoms with E-state index < -0.39 is 0 Å². The predicted octanol–water partition coefficient (Wildman–Crippen LogP) is 3.17. The number of anilines is 1. The van der Waals surface area contributed by atoms with Crippen LogP contribution in [0.1, 0.15) is 5.56 Å². The number of likely N-dealkylation sites (N-methyl/N-ethyl adjacent to an activating group) is 1. The van der Waals surface area contributed by atoms with E-state index in [4.69, 9.17) is 23.2 Å². The van der Waals surface area contributed by atoms with E-state index in [2.05, 4.69) is 41.1 Å². The van der Waals surface area contributed by atoms with Gasteiger partial charge in [0.15, 0.2) is 0 Å². The Labute approximate surface area is 131 Å². The van der Waals surface area contributed by atoms with Gasteiger partial charge < -0.3 is 15.3 Å². The molecule has 1 aromatic carbocycles. The lowest BCUT2D eigenvalue weighted by Crippen LogP contribution is -2.29. The third kappa shape index (κ3) is 5.23. The number of alkyl halides is 2. The van der Waals surface area contributed by atoms with Crippen molar-refractivity contribution in [3.63, 3.8) is 0 Å².